The molecule has 200 valence electrons. The molecule has 0 aromatic rings. The lowest BCUT2D eigenvalue weighted by Gasteiger charge is -2.62. The summed E-state index contributed by atoms with van der Waals surface area (Å²) in [4.78, 5) is 15.0. The topological polar surface area (TPSA) is 70.0 Å². The standard InChI is InChI=1S/C31H47NO4/c1-19(8-13-29(35)32-18-36-27-7-5-4-6-26(27)32)23-11-12-24-22-10-9-20-16-21(33)14-15-30(20,2)25(22)17-28(34)31(23,24)3/h5,7,19-25,28,33-34H,4,6,8-18H2,1-3H3/t19-,20-,21-,22+,23-,24+,25+,28+,30+,31-/m1/s1. The van der Waals surface area contributed by atoms with E-state index >= 15 is 0 Å². The highest BCUT2D eigenvalue weighted by atomic mass is 16.5. The van der Waals surface area contributed by atoms with Crippen LogP contribution < -0.4 is 0 Å². The summed E-state index contributed by atoms with van der Waals surface area (Å²) in [7, 11) is 0. The molecule has 6 aliphatic rings. The van der Waals surface area contributed by atoms with Gasteiger partial charge in [-0.1, -0.05) is 26.8 Å². The van der Waals surface area contributed by atoms with Crippen molar-refractivity contribution < 1.29 is 19.7 Å². The van der Waals surface area contributed by atoms with E-state index in [4.69, 9.17) is 4.74 Å². The molecule has 4 saturated carbocycles. The zero-order valence-electron chi connectivity index (χ0n) is 22.6. The number of ether oxygens (including phenoxy) is 1. The Balaban J connectivity index is 1.13. The molecule has 36 heavy (non-hydrogen) atoms. The molecule has 0 spiro atoms. The van der Waals surface area contributed by atoms with Crippen molar-refractivity contribution in [3.63, 3.8) is 0 Å². The number of rotatable bonds is 4. The van der Waals surface area contributed by atoms with Crippen LogP contribution in [0, 0.1) is 46.3 Å². The molecule has 0 aromatic heterocycles. The van der Waals surface area contributed by atoms with Crippen LogP contribution in [0.2, 0.25) is 0 Å². The maximum absolute atomic E-state index is 13.1. The van der Waals surface area contributed by atoms with Crippen LogP contribution >= 0.6 is 0 Å². The molecule has 5 aliphatic carbocycles. The molecule has 0 unspecified atom stereocenters. The Morgan fingerprint density at radius 1 is 1.14 bits per heavy atom. The summed E-state index contributed by atoms with van der Waals surface area (Å²) >= 11 is 0. The Kier molecular flexibility index (Phi) is 6.35. The fourth-order valence-electron chi connectivity index (χ4n) is 10.3. The highest BCUT2D eigenvalue weighted by molar-refractivity contribution is 5.78. The molecule has 0 aromatic carbocycles. The Hall–Kier alpha value is -1.33. The summed E-state index contributed by atoms with van der Waals surface area (Å²) in [5.41, 5.74) is 1.30. The number of carbonyl (C=O) groups is 1. The number of allylic oxidation sites excluding steroid dienone is 3. The van der Waals surface area contributed by atoms with E-state index < -0.39 is 0 Å². The van der Waals surface area contributed by atoms with Gasteiger partial charge in [0, 0.05) is 6.42 Å². The number of hydrogen-bond donors (Lipinski definition) is 2. The Bertz CT molecular complexity index is 943. The Morgan fingerprint density at radius 2 is 1.97 bits per heavy atom. The monoisotopic (exact) mass is 497 g/mol. The molecule has 0 bridgehead atoms. The molecular weight excluding hydrogens is 450 g/mol. The number of aliphatic hydroxyl groups is 2. The minimum absolute atomic E-state index is 0.0401. The van der Waals surface area contributed by atoms with E-state index in [0.717, 1.165) is 56.4 Å². The number of amides is 1. The van der Waals surface area contributed by atoms with Gasteiger partial charge in [-0.3, -0.25) is 9.69 Å². The van der Waals surface area contributed by atoms with Crippen LogP contribution in [0.3, 0.4) is 0 Å². The lowest BCUT2D eigenvalue weighted by Crippen LogP contribution is -2.58. The van der Waals surface area contributed by atoms with E-state index in [0.29, 0.717) is 48.7 Å². The van der Waals surface area contributed by atoms with Crippen LogP contribution in [-0.2, 0) is 9.53 Å². The zero-order valence-corrected chi connectivity index (χ0v) is 22.6. The Morgan fingerprint density at radius 3 is 2.81 bits per heavy atom. The molecule has 10 atom stereocenters. The first-order valence-electron chi connectivity index (χ1n) is 14.9. The van der Waals surface area contributed by atoms with E-state index in [1.54, 1.807) is 0 Å². The van der Waals surface area contributed by atoms with Crippen molar-refractivity contribution in [2.75, 3.05) is 6.73 Å². The van der Waals surface area contributed by atoms with Gasteiger partial charge in [0.05, 0.1) is 17.9 Å². The third-order valence-electron chi connectivity index (χ3n) is 12.4. The summed E-state index contributed by atoms with van der Waals surface area (Å²) < 4.78 is 5.75. The van der Waals surface area contributed by atoms with Gasteiger partial charge in [0.25, 0.3) is 0 Å². The van der Waals surface area contributed by atoms with Crippen LogP contribution in [0.5, 0.6) is 0 Å². The van der Waals surface area contributed by atoms with Crippen LogP contribution in [0.4, 0.5) is 0 Å². The molecule has 1 amide bonds. The second kappa shape index (κ2) is 9.15. The number of hydrogen-bond acceptors (Lipinski definition) is 4. The largest absolute Gasteiger partial charge is 0.471 e. The van der Waals surface area contributed by atoms with Crippen molar-refractivity contribution in [3.05, 3.63) is 23.6 Å². The fourth-order valence-corrected chi connectivity index (χ4v) is 10.3. The van der Waals surface area contributed by atoms with Gasteiger partial charge in [0.1, 0.15) is 5.76 Å². The molecule has 0 saturated heterocycles. The van der Waals surface area contributed by atoms with Crippen molar-refractivity contribution >= 4 is 5.91 Å². The van der Waals surface area contributed by atoms with Gasteiger partial charge in [0.15, 0.2) is 6.73 Å². The number of fused-ring (bicyclic) bond motifs is 5. The Labute approximate surface area is 217 Å². The van der Waals surface area contributed by atoms with E-state index in [2.05, 4.69) is 26.8 Å². The minimum Gasteiger partial charge on any atom is -0.471 e. The number of nitrogens with zero attached hydrogens (tertiary/aromatic N) is 1. The van der Waals surface area contributed by atoms with Gasteiger partial charge in [-0.2, -0.15) is 0 Å². The van der Waals surface area contributed by atoms with Crippen LogP contribution in [0.25, 0.3) is 0 Å². The molecule has 5 nitrogen and oxygen atoms in total. The number of aliphatic hydroxyl groups excluding tert-OH is 2. The predicted octanol–water partition coefficient (Wildman–Crippen LogP) is 5.77. The molecule has 2 N–H and O–H groups in total. The minimum atomic E-state index is -0.259. The fraction of sp³-hybridized carbons (Fsp3) is 0.839. The number of carbonyl (C=O) groups excluding carboxylic acids is 1. The second-order valence-electron chi connectivity index (χ2n) is 13.7. The molecule has 5 heteroatoms. The van der Waals surface area contributed by atoms with Crippen LogP contribution in [0.15, 0.2) is 23.6 Å². The molecule has 1 aliphatic heterocycles. The normalized spacial score (nSPS) is 46.5. The molecule has 4 fully saturated rings. The van der Waals surface area contributed by atoms with Crippen molar-refractivity contribution in [1.82, 2.24) is 4.90 Å². The van der Waals surface area contributed by atoms with Gasteiger partial charge in [-0.25, -0.2) is 0 Å². The summed E-state index contributed by atoms with van der Waals surface area (Å²) in [5.74, 6) is 4.48. The smallest absolute Gasteiger partial charge is 0.229 e. The highest BCUT2D eigenvalue weighted by Crippen LogP contribution is 2.68. The maximum Gasteiger partial charge on any atom is 0.229 e. The molecule has 6 rings (SSSR count). The first-order chi connectivity index (χ1) is 17.2. The lowest BCUT2D eigenvalue weighted by molar-refractivity contribution is -0.175. The van der Waals surface area contributed by atoms with Crippen LogP contribution in [-0.4, -0.2) is 40.0 Å². The third-order valence-corrected chi connectivity index (χ3v) is 12.4. The van der Waals surface area contributed by atoms with E-state index in [1.807, 2.05) is 11.0 Å². The van der Waals surface area contributed by atoms with Gasteiger partial charge in [-0.05, 0) is 123 Å². The van der Waals surface area contributed by atoms with E-state index in [-0.39, 0.29) is 28.9 Å². The summed E-state index contributed by atoms with van der Waals surface area (Å²) in [6.45, 7) is 7.58. The zero-order chi connectivity index (χ0) is 25.2. The first-order valence-corrected chi connectivity index (χ1v) is 14.9. The average molecular weight is 498 g/mol. The average Bonchev–Trinajstić information content (AvgIpc) is 3.46. The quantitative estimate of drug-likeness (QED) is 0.517. The van der Waals surface area contributed by atoms with Gasteiger partial charge < -0.3 is 14.9 Å². The maximum atomic E-state index is 13.1. The van der Waals surface area contributed by atoms with E-state index in [9.17, 15) is 15.0 Å². The highest BCUT2D eigenvalue weighted by Gasteiger charge is 2.63. The van der Waals surface area contributed by atoms with E-state index in [1.165, 1.54) is 25.7 Å². The third kappa shape index (κ3) is 3.73. The first kappa shape index (κ1) is 25.0. The molecule has 0 radical (unpaired) electrons. The van der Waals surface area contributed by atoms with Gasteiger partial charge in [-0.15, -0.1) is 0 Å². The van der Waals surface area contributed by atoms with Crippen molar-refractivity contribution in [1.29, 1.82) is 0 Å². The SMILES string of the molecule is C[C@H](CCC(=O)N1COC2=C1CCC=C2)[C@H]1CC[C@H]2[C@@H]3CC[C@@H]4C[C@H](O)CC[C@]4(C)[C@H]3C[C@H](O)[C@]12C. The van der Waals surface area contributed by atoms with Crippen molar-refractivity contribution in [3.8, 4) is 0 Å². The summed E-state index contributed by atoms with van der Waals surface area (Å²) in [6, 6.07) is 0. The second-order valence-corrected chi connectivity index (χ2v) is 13.7. The van der Waals surface area contributed by atoms with Crippen molar-refractivity contribution in [2.45, 2.75) is 110 Å². The van der Waals surface area contributed by atoms with Crippen LogP contribution in [0.1, 0.15) is 97.8 Å². The predicted molar refractivity (Wildman–Crippen MR) is 139 cm³/mol. The van der Waals surface area contributed by atoms with Gasteiger partial charge >= 0.3 is 0 Å². The lowest BCUT2D eigenvalue weighted by atomic mass is 9.43. The van der Waals surface area contributed by atoms with Gasteiger partial charge in [0.2, 0.25) is 5.91 Å². The molecule has 1 heterocycles. The van der Waals surface area contributed by atoms with Crippen molar-refractivity contribution in [2.24, 2.45) is 46.3 Å². The molecular formula is C31H47NO4. The summed E-state index contributed by atoms with van der Waals surface area (Å²) in [6.07, 6.45) is 15.9. The summed E-state index contributed by atoms with van der Waals surface area (Å²) in [5, 5.41) is 22.1.